The Balaban J connectivity index is 1.47. The van der Waals surface area contributed by atoms with Crippen molar-refractivity contribution in [3.63, 3.8) is 0 Å². The van der Waals surface area contributed by atoms with Gasteiger partial charge in [-0.3, -0.25) is 9.69 Å². The van der Waals surface area contributed by atoms with Crippen LogP contribution >= 0.6 is 0 Å². The van der Waals surface area contributed by atoms with Crippen LogP contribution in [0.5, 0.6) is 0 Å². The summed E-state index contributed by atoms with van der Waals surface area (Å²) in [5.41, 5.74) is 3.13. The number of carbonyl (C=O) groups excluding carboxylic acids is 1. The Bertz CT molecular complexity index is 785. The topological polar surface area (TPSA) is 58.8 Å². The molecule has 1 aromatic heterocycles. The van der Waals surface area contributed by atoms with Crippen LogP contribution in [-0.2, 0) is 22.6 Å². The summed E-state index contributed by atoms with van der Waals surface area (Å²) in [6.45, 7) is 9.20. The van der Waals surface area contributed by atoms with Gasteiger partial charge in [-0.05, 0) is 19.4 Å². The largest absolute Gasteiger partial charge is 0.379 e. The van der Waals surface area contributed by atoms with Crippen molar-refractivity contribution in [1.29, 1.82) is 0 Å². The molecule has 2 saturated heterocycles. The molecule has 0 saturated carbocycles. The third-order valence-electron chi connectivity index (χ3n) is 5.70. The first-order chi connectivity index (χ1) is 13.0. The molecule has 0 N–H and O–H groups in total. The maximum absolute atomic E-state index is 12.7. The lowest BCUT2D eigenvalue weighted by Gasteiger charge is -2.31. The predicted molar refractivity (Wildman–Crippen MR) is 101 cm³/mol. The zero-order valence-corrected chi connectivity index (χ0v) is 16.1. The van der Waals surface area contributed by atoms with E-state index in [1.807, 2.05) is 36.9 Å². The molecule has 0 aliphatic carbocycles. The van der Waals surface area contributed by atoms with Gasteiger partial charge in [0, 0.05) is 50.1 Å². The van der Waals surface area contributed by atoms with Crippen molar-refractivity contribution in [2.24, 2.45) is 5.41 Å². The van der Waals surface area contributed by atoms with Crippen LogP contribution in [0.25, 0.3) is 0 Å². The lowest BCUT2D eigenvalue weighted by molar-refractivity contribution is -0.128. The minimum Gasteiger partial charge on any atom is -0.379 e. The summed E-state index contributed by atoms with van der Waals surface area (Å²) >= 11 is 0. The Morgan fingerprint density at radius 1 is 1.15 bits per heavy atom. The molecule has 0 radical (unpaired) electrons. The minimum atomic E-state index is -0.138. The van der Waals surface area contributed by atoms with Crippen molar-refractivity contribution in [2.75, 3.05) is 32.8 Å². The minimum absolute atomic E-state index is 0.138. The van der Waals surface area contributed by atoms with E-state index >= 15 is 0 Å². The monoisotopic (exact) mass is 369 g/mol. The normalized spacial score (nSPS) is 23.9. The van der Waals surface area contributed by atoms with E-state index in [2.05, 4.69) is 22.2 Å². The van der Waals surface area contributed by atoms with Gasteiger partial charge in [0.05, 0.1) is 18.9 Å². The van der Waals surface area contributed by atoms with Gasteiger partial charge in [-0.25, -0.2) is 0 Å². The molecule has 2 fully saturated rings. The predicted octanol–water partition coefficient (Wildman–Crippen LogP) is 2.54. The van der Waals surface area contributed by atoms with Crippen LogP contribution in [0.3, 0.4) is 0 Å². The average molecular weight is 369 g/mol. The van der Waals surface area contributed by atoms with Gasteiger partial charge in [0.15, 0.2) is 0 Å². The van der Waals surface area contributed by atoms with E-state index in [0.717, 1.165) is 43.2 Å². The molecule has 0 bridgehead atoms. The molecule has 144 valence electrons. The third-order valence-corrected chi connectivity index (χ3v) is 5.70. The highest BCUT2D eigenvalue weighted by Crippen LogP contribution is 2.35. The number of ether oxygens (including phenoxy) is 1. The van der Waals surface area contributed by atoms with Crippen LogP contribution < -0.4 is 0 Å². The van der Waals surface area contributed by atoms with Crippen LogP contribution in [0.1, 0.15) is 29.0 Å². The summed E-state index contributed by atoms with van der Waals surface area (Å²) in [6, 6.07) is 10.2. The molecule has 2 aromatic rings. The fourth-order valence-corrected chi connectivity index (χ4v) is 4.30. The second-order valence-corrected chi connectivity index (χ2v) is 7.98. The first-order valence-corrected chi connectivity index (χ1v) is 9.58. The number of carbonyl (C=O) groups is 1. The quantitative estimate of drug-likeness (QED) is 0.829. The summed E-state index contributed by atoms with van der Waals surface area (Å²) in [6.07, 6.45) is 0.554. The number of hydrogen-bond acceptors (Lipinski definition) is 5. The molecule has 1 spiro atoms. The molecule has 4 rings (SSSR count). The number of aromatic nitrogens is 1. The molecule has 0 unspecified atom stereocenters. The summed E-state index contributed by atoms with van der Waals surface area (Å²) in [5.74, 6) is 1.10. The Morgan fingerprint density at radius 2 is 1.96 bits per heavy atom. The lowest BCUT2D eigenvalue weighted by atomic mass is 9.87. The fraction of sp³-hybridized carbons (Fsp3) is 0.524. The van der Waals surface area contributed by atoms with Crippen molar-refractivity contribution >= 4 is 5.91 Å². The van der Waals surface area contributed by atoms with E-state index in [1.165, 1.54) is 5.56 Å². The lowest BCUT2D eigenvalue weighted by Crippen LogP contribution is -2.40. The van der Waals surface area contributed by atoms with E-state index < -0.39 is 0 Å². The number of amides is 1. The van der Waals surface area contributed by atoms with Gasteiger partial charge < -0.3 is 14.2 Å². The zero-order chi connectivity index (χ0) is 18.9. The Kier molecular flexibility index (Phi) is 5.02. The molecule has 1 aromatic carbocycles. The molecule has 1 amide bonds. The standard InChI is InChI=1S/C21H27N3O3/c1-16-19(17(2)27-22-16)12-23-8-9-26-15-21(13-23)10-20(25)24(14-21)11-18-6-4-3-5-7-18/h3-7H,8-15H2,1-2H3/t21-/m1/s1. The van der Waals surface area contributed by atoms with E-state index in [0.29, 0.717) is 26.2 Å². The molecule has 6 nitrogen and oxygen atoms in total. The van der Waals surface area contributed by atoms with Crippen molar-refractivity contribution in [1.82, 2.24) is 15.0 Å². The van der Waals surface area contributed by atoms with Crippen LogP contribution in [0.4, 0.5) is 0 Å². The fourth-order valence-electron chi connectivity index (χ4n) is 4.30. The maximum atomic E-state index is 12.7. The number of hydrogen-bond donors (Lipinski definition) is 0. The van der Waals surface area contributed by atoms with E-state index in [4.69, 9.17) is 9.26 Å². The van der Waals surface area contributed by atoms with Crippen molar-refractivity contribution in [3.05, 3.63) is 52.9 Å². The molecule has 6 heteroatoms. The first kappa shape index (κ1) is 18.2. The highest BCUT2D eigenvalue weighted by atomic mass is 16.5. The number of likely N-dealkylation sites (tertiary alicyclic amines) is 1. The van der Waals surface area contributed by atoms with Crippen LogP contribution in [-0.4, -0.2) is 53.7 Å². The van der Waals surface area contributed by atoms with Gasteiger partial charge in [0.25, 0.3) is 0 Å². The SMILES string of the molecule is Cc1noc(C)c1CN1CCOC[C@]2(CC(=O)N(Cc3ccccc3)C2)C1. The summed E-state index contributed by atoms with van der Waals surface area (Å²) in [5, 5.41) is 4.07. The molecule has 27 heavy (non-hydrogen) atoms. The second-order valence-electron chi connectivity index (χ2n) is 7.98. The van der Waals surface area contributed by atoms with Crippen molar-refractivity contribution in [2.45, 2.75) is 33.4 Å². The van der Waals surface area contributed by atoms with Gasteiger partial charge >= 0.3 is 0 Å². The summed E-state index contributed by atoms with van der Waals surface area (Å²) in [7, 11) is 0. The van der Waals surface area contributed by atoms with Crippen LogP contribution in [0.2, 0.25) is 0 Å². The van der Waals surface area contributed by atoms with Crippen LogP contribution in [0.15, 0.2) is 34.9 Å². The molecule has 1 atom stereocenters. The highest BCUT2D eigenvalue weighted by Gasteiger charge is 2.45. The smallest absolute Gasteiger partial charge is 0.223 e. The van der Waals surface area contributed by atoms with E-state index in [1.54, 1.807) is 0 Å². The molecular weight excluding hydrogens is 342 g/mol. The number of aryl methyl sites for hydroxylation is 2. The Hall–Kier alpha value is -2.18. The second kappa shape index (κ2) is 7.44. The first-order valence-electron chi connectivity index (χ1n) is 9.58. The van der Waals surface area contributed by atoms with Crippen molar-refractivity contribution in [3.8, 4) is 0 Å². The molecule has 2 aliphatic heterocycles. The number of benzene rings is 1. The molecule has 2 aliphatic rings. The van der Waals surface area contributed by atoms with Gasteiger partial charge in [-0.2, -0.15) is 0 Å². The summed E-state index contributed by atoms with van der Waals surface area (Å²) < 4.78 is 11.2. The van der Waals surface area contributed by atoms with E-state index in [9.17, 15) is 4.79 Å². The summed E-state index contributed by atoms with van der Waals surface area (Å²) in [4.78, 5) is 17.1. The van der Waals surface area contributed by atoms with Gasteiger partial charge in [0.2, 0.25) is 5.91 Å². The zero-order valence-electron chi connectivity index (χ0n) is 16.1. The Labute approximate surface area is 160 Å². The average Bonchev–Trinajstić information content (AvgIpc) is 3.04. The van der Waals surface area contributed by atoms with Crippen molar-refractivity contribution < 1.29 is 14.1 Å². The third kappa shape index (κ3) is 3.92. The molecular formula is C21H27N3O3. The highest BCUT2D eigenvalue weighted by molar-refractivity contribution is 5.79. The van der Waals surface area contributed by atoms with Crippen LogP contribution in [0, 0.1) is 19.3 Å². The van der Waals surface area contributed by atoms with Gasteiger partial charge in [-0.15, -0.1) is 0 Å². The molecule has 3 heterocycles. The maximum Gasteiger partial charge on any atom is 0.223 e. The van der Waals surface area contributed by atoms with Gasteiger partial charge in [-0.1, -0.05) is 35.5 Å². The number of rotatable bonds is 4. The Morgan fingerprint density at radius 3 is 2.70 bits per heavy atom. The number of nitrogens with zero attached hydrogens (tertiary/aromatic N) is 3. The van der Waals surface area contributed by atoms with E-state index in [-0.39, 0.29) is 11.3 Å². The van der Waals surface area contributed by atoms with Gasteiger partial charge in [0.1, 0.15) is 5.76 Å².